The van der Waals surface area contributed by atoms with E-state index in [-0.39, 0.29) is 5.78 Å². The molecule has 2 heteroatoms. The number of likely N-dealkylation sites (N-methyl/N-ethyl adjacent to an activating group) is 1. The maximum absolute atomic E-state index is 12.6. The number of nitrogens with zero attached hydrogens (tertiary/aromatic N) is 1. The summed E-state index contributed by atoms with van der Waals surface area (Å²) >= 11 is 0. The highest BCUT2D eigenvalue weighted by atomic mass is 16.1. The average Bonchev–Trinajstić information content (AvgIpc) is 2.48. The molecule has 0 amide bonds. The summed E-state index contributed by atoms with van der Waals surface area (Å²) in [5, 5.41) is 0. The molecule has 110 valence electrons. The lowest BCUT2D eigenvalue weighted by molar-refractivity contribution is 0.0998. The molecule has 0 fully saturated rings. The number of hydrogen-bond donors (Lipinski definition) is 0. The number of rotatable bonds is 5. The van der Waals surface area contributed by atoms with Crippen molar-refractivity contribution in [2.45, 2.75) is 27.7 Å². The molecule has 2 aromatic carbocycles. The summed E-state index contributed by atoms with van der Waals surface area (Å²) in [6.07, 6.45) is 0. The molecule has 0 bridgehead atoms. The van der Waals surface area contributed by atoms with Crippen molar-refractivity contribution < 1.29 is 4.79 Å². The van der Waals surface area contributed by atoms with Crippen molar-refractivity contribution in [1.82, 2.24) is 0 Å². The van der Waals surface area contributed by atoms with Gasteiger partial charge in [-0.2, -0.15) is 0 Å². The van der Waals surface area contributed by atoms with Crippen LogP contribution in [0, 0.1) is 20.8 Å². The fourth-order valence-corrected chi connectivity index (χ4v) is 2.58. The summed E-state index contributed by atoms with van der Waals surface area (Å²) < 4.78 is 0. The molecule has 0 aliphatic rings. The van der Waals surface area contributed by atoms with E-state index >= 15 is 0 Å². The minimum absolute atomic E-state index is 0.182. The van der Waals surface area contributed by atoms with Crippen LogP contribution < -0.4 is 4.90 Å². The molecule has 0 aliphatic carbocycles. The first kappa shape index (κ1) is 15.3. The Bertz CT molecular complexity index is 646. The average molecular weight is 281 g/mol. The second-order valence-electron chi connectivity index (χ2n) is 5.54. The standard InChI is InChI=1S/C19H23NO/c1-5-20(18-9-7-6-8-16(18)4)13-19(21)17-12-14(2)10-11-15(17)3/h6-12H,5,13H2,1-4H3. The van der Waals surface area contributed by atoms with Gasteiger partial charge in [-0.15, -0.1) is 0 Å². The first-order valence-electron chi connectivity index (χ1n) is 7.44. The number of carbonyl (C=O) groups is 1. The Hall–Kier alpha value is -2.09. The number of para-hydroxylation sites is 1. The van der Waals surface area contributed by atoms with Crippen molar-refractivity contribution in [2.75, 3.05) is 18.0 Å². The summed E-state index contributed by atoms with van der Waals surface area (Å²) in [7, 11) is 0. The molecule has 0 unspecified atom stereocenters. The van der Waals surface area contributed by atoms with Gasteiger partial charge in [0.1, 0.15) is 0 Å². The number of anilines is 1. The van der Waals surface area contributed by atoms with Gasteiger partial charge in [-0.3, -0.25) is 4.79 Å². The van der Waals surface area contributed by atoms with E-state index < -0.39 is 0 Å². The van der Waals surface area contributed by atoms with E-state index in [9.17, 15) is 4.79 Å². The van der Waals surface area contributed by atoms with Crippen LogP contribution in [0.1, 0.15) is 34.0 Å². The van der Waals surface area contributed by atoms with Crippen molar-refractivity contribution >= 4 is 11.5 Å². The molecule has 0 radical (unpaired) electrons. The maximum atomic E-state index is 12.6. The molecule has 2 aromatic rings. The van der Waals surface area contributed by atoms with Crippen LogP contribution in [0.25, 0.3) is 0 Å². The van der Waals surface area contributed by atoms with Crippen molar-refractivity contribution in [1.29, 1.82) is 0 Å². The molecule has 0 aliphatic heterocycles. The van der Waals surface area contributed by atoms with E-state index in [2.05, 4.69) is 30.9 Å². The molecule has 0 spiro atoms. The van der Waals surface area contributed by atoms with Crippen LogP contribution in [0.5, 0.6) is 0 Å². The van der Waals surface area contributed by atoms with E-state index in [0.29, 0.717) is 6.54 Å². The summed E-state index contributed by atoms with van der Waals surface area (Å²) in [5.41, 5.74) is 5.35. The molecular formula is C19H23NO. The number of hydrogen-bond acceptors (Lipinski definition) is 2. The van der Waals surface area contributed by atoms with Crippen LogP contribution in [0.2, 0.25) is 0 Å². The third kappa shape index (κ3) is 3.52. The molecule has 0 saturated heterocycles. The quantitative estimate of drug-likeness (QED) is 0.761. The molecule has 0 atom stereocenters. The predicted octanol–water partition coefficient (Wildman–Crippen LogP) is 4.32. The zero-order valence-corrected chi connectivity index (χ0v) is 13.3. The Labute approximate surface area is 127 Å². The maximum Gasteiger partial charge on any atom is 0.182 e. The molecular weight excluding hydrogens is 258 g/mol. The third-order valence-electron chi connectivity index (χ3n) is 3.87. The highest BCUT2D eigenvalue weighted by Gasteiger charge is 2.15. The molecule has 0 saturated carbocycles. The zero-order chi connectivity index (χ0) is 15.4. The highest BCUT2D eigenvalue weighted by molar-refractivity contribution is 6.00. The van der Waals surface area contributed by atoms with Gasteiger partial charge in [-0.25, -0.2) is 0 Å². The summed E-state index contributed by atoms with van der Waals surface area (Å²) in [6.45, 7) is 9.43. The van der Waals surface area contributed by atoms with Gasteiger partial charge in [-0.05, 0) is 51.0 Å². The normalized spacial score (nSPS) is 10.5. The highest BCUT2D eigenvalue weighted by Crippen LogP contribution is 2.20. The van der Waals surface area contributed by atoms with Gasteiger partial charge in [-0.1, -0.05) is 35.9 Å². The summed E-state index contributed by atoms with van der Waals surface area (Å²) in [6, 6.07) is 14.3. The van der Waals surface area contributed by atoms with E-state index in [1.807, 2.05) is 44.2 Å². The summed E-state index contributed by atoms with van der Waals surface area (Å²) in [4.78, 5) is 14.8. The van der Waals surface area contributed by atoms with Gasteiger partial charge in [0.15, 0.2) is 5.78 Å². The van der Waals surface area contributed by atoms with Gasteiger partial charge >= 0.3 is 0 Å². The van der Waals surface area contributed by atoms with Gasteiger partial charge < -0.3 is 4.90 Å². The molecule has 2 nitrogen and oxygen atoms in total. The van der Waals surface area contributed by atoms with Gasteiger partial charge in [0.25, 0.3) is 0 Å². The van der Waals surface area contributed by atoms with E-state index in [1.165, 1.54) is 5.56 Å². The van der Waals surface area contributed by atoms with Gasteiger partial charge in [0, 0.05) is 17.8 Å². The van der Waals surface area contributed by atoms with Crippen molar-refractivity contribution in [3.63, 3.8) is 0 Å². The number of Topliss-reactive ketones (excluding diaryl/α,β-unsaturated/α-hetero) is 1. The minimum Gasteiger partial charge on any atom is -0.364 e. The Morgan fingerprint density at radius 2 is 1.71 bits per heavy atom. The second-order valence-corrected chi connectivity index (χ2v) is 5.54. The number of ketones is 1. The zero-order valence-electron chi connectivity index (χ0n) is 13.3. The number of aryl methyl sites for hydroxylation is 3. The Kier molecular flexibility index (Phi) is 4.79. The first-order valence-corrected chi connectivity index (χ1v) is 7.44. The smallest absolute Gasteiger partial charge is 0.182 e. The van der Waals surface area contributed by atoms with Crippen molar-refractivity contribution in [3.8, 4) is 0 Å². The molecule has 0 N–H and O–H groups in total. The van der Waals surface area contributed by atoms with Crippen LogP contribution in [-0.2, 0) is 0 Å². The van der Waals surface area contributed by atoms with Crippen LogP contribution in [0.4, 0.5) is 5.69 Å². The van der Waals surface area contributed by atoms with Crippen molar-refractivity contribution in [3.05, 3.63) is 64.7 Å². The summed E-state index contributed by atoms with van der Waals surface area (Å²) in [5.74, 6) is 0.182. The van der Waals surface area contributed by atoms with Crippen LogP contribution in [-0.4, -0.2) is 18.9 Å². The third-order valence-corrected chi connectivity index (χ3v) is 3.87. The molecule has 2 rings (SSSR count). The van der Waals surface area contributed by atoms with E-state index in [0.717, 1.165) is 28.9 Å². The Balaban J connectivity index is 2.25. The second kappa shape index (κ2) is 6.57. The van der Waals surface area contributed by atoms with Gasteiger partial charge in [0.05, 0.1) is 6.54 Å². The van der Waals surface area contributed by atoms with E-state index in [1.54, 1.807) is 0 Å². The number of benzene rings is 2. The van der Waals surface area contributed by atoms with E-state index in [4.69, 9.17) is 0 Å². The fourth-order valence-electron chi connectivity index (χ4n) is 2.58. The topological polar surface area (TPSA) is 20.3 Å². The predicted molar refractivity (Wildman–Crippen MR) is 89.3 cm³/mol. The Morgan fingerprint density at radius 3 is 2.38 bits per heavy atom. The largest absolute Gasteiger partial charge is 0.364 e. The van der Waals surface area contributed by atoms with Gasteiger partial charge in [0.2, 0.25) is 0 Å². The monoisotopic (exact) mass is 281 g/mol. The lowest BCUT2D eigenvalue weighted by Gasteiger charge is -2.24. The van der Waals surface area contributed by atoms with Crippen LogP contribution in [0.3, 0.4) is 0 Å². The van der Waals surface area contributed by atoms with Crippen LogP contribution in [0.15, 0.2) is 42.5 Å². The lowest BCUT2D eigenvalue weighted by atomic mass is 10.0. The molecule has 21 heavy (non-hydrogen) atoms. The lowest BCUT2D eigenvalue weighted by Crippen LogP contribution is -2.30. The number of carbonyl (C=O) groups excluding carboxylic acids is 1. The Morgan fingerprint density at radius 1 is 1.00 bits per heavy atom. The van der Waals surface area contributed by atoms with Crippen LogP contribution >= 0.6 is 0 Å². The fraction of sp³-hybridized carbons (Fsp3) is 0.316. The minimum atomic E-state index is 0.182. The first-order chi connectivity index (χ1) is 10.0. The molecule has 0 aromatic heterocycles. The van der Waals surface area contributed by atoms with Crippen molar-refractivity contribution in [2.24, 2.45) is 0 Å². The molecule has 0 heterocycles. The SMILES string of the molecule is CCN(CC(=O)c1cc(C)ccc1C)c1ccccc1C.